The Balaban J connectivity index is 2.18. The van der Waals surface area contributed by atoms with Gasteiger partial charge in [-0.2, -0.15) is 4.31 Å². The topological polar surface area (TPSA) is 136 Å². The first-order chi connectivity index (χ1) is 15.0. The van der Waals surface area contributed by atoms with Crippen LogP contribution in [-0.2, 0) is 19.6 Å². The first kappa shape index (κ1) is 25.2. The Hall–Kier alpha value is -3.02. The van der Waals surface area contributed by atoms with Gasteiger partial charge in [0.25, 0.3) is 11.6 Å². The summed E-state index contributed by atoms with van der Waals surface area (Å²) in [5.74, 6) is -1.73. The summed E-state index contributed by atoms with van der Waals surface area (Å²) >= 11 is 6.05. The summed E-state index contributed by atoms with van der Waals surface area (Å²) in [7, 11) is -3.84. The maximum absolute atomic E-state index is 12.7. The average Bonchev–Trinajstić information content (AvgIpc) is 2.74. The number of nitro benzene ring substituents is 1. The number of nitrogens with one attached hydrogen (secondary N) is 1. The lowest BCUT2D eigenvalue weighted by molar-refractivity contribution is -0.384. The van der Waals surface area contributed by atoms with Gasteiger partial charge in [0.05, 0.1) is 20.4 Å². The summed E-state index contributed by atoms with van der Waals surface area (Å²) in [5.41, 5.74) is -0.280. The van der Waals surface area contributed by atoms with E-state index in [9.17, 15) is 28.1 Å². The van der Waals surface area contributed by atoms with Gasteiger partial charge in [0, 0.05) is 30.9 Å². The molecule has 172 valence electrons. The maximum Gasteiger partial charge on any atom is 0.340 e. The Morgan fingerprint density at radius 3 is 2.44 bits per heavy atom. The summed E-state index contributed by atoms with van der Waals surface area (Å²) in [5, 5.41) is 13.2. The molecule has 0 spiro atoms. The highest BCUT2D eigenvalue weighted by atomic mass is 35.5. The molecule has 0 aliphatic rings. The van der Waals surface area contributed by atoms with Crippen molar-refractivity contribution in [1.82, 2.24) is 4.31 Å². The molecule has 0 radical (unpaired) electrons. The van der Waals surface area contributed by atoms with Crippen molar-refractivity contribution in [1.29, 1.82) is 0 Å². The van der Waals surface area contributed by atoms with E-state index in [0.29, 0.717) is 0 Å². The van der Waals surface area contributed by atoms with Crippen molar-refractivity contribution in [3.63, 3.8) is 0 Å². The summed E-state index contributed by atoms with van der Waals surface area (Å²) in [6.07, 6.45) is -1.29. The third-order valence-electron chi connectivity index (χ3n) is 4.48. The minimum Gasteiger partial charge on any atom is -0.449 e. The van der Waals surface area contributed by atoms with Gasteiger partial charge >= 0.3 is 5.97 Å². The Morgan fingerprint density at radius 1 is 1.19 bits per heavy atom. The summed E-state index contributed by atoms with van der Waals surface area (Å²) < 4.78 is 31.8. The van der Waals surface area contributed by atoms with Gasteiger partial charge in [0.15, 0.2) is 6.10 Å². The number of anilines is 1. The van der Waals surface area contributed by atoms with Crippen molar-refractivity contribution in [2.75, 3.05) is 18.4 Å². The van der Waals surface area contributed by atoms with Crippen LogP contribution in [0.1, 0.15) is 31.1 Å². The van der Waals surface area contributed by atoms with Crippen LogP contribution in [0.3, 0.4) is 0 Å². The lowest BCUT2D eigenvalue weighted by Crippen LogP contribution is -2.31. The largest absolute Gasteiger partial charge is 0.449 e. The average molecular weight is 484 g/mol. The number of sulfonamides is 1. The second-order valence-electron chi connectivity index (χ2n) is 6.58. The standard InChI is InChI=1S/C20H22ClN3O7S/c1-4-23(5-2)32(29,30)16-9-10-18(21)17(12-16)20(26)31-13(3)19(25)22-14-7-6-8-15(11-14)24(27)28/h6-13H,4-5H2,1-3H3,(H,22,25). The Bertz CT molecular complexity index is 1130. The minimum absolute atomic E-state index is 0.0419. The molecule has 1 atom stereocenters. The number of benzene rings is 2. The van der Waals surface area contributed by atoms with E-state index >= 15 is 0 Å². The zero-order valence-electron chi connectivity index (χ0n) is 17.6. The van der Waals surface area contributed by atoms with Crippen molar-refractivity contribution in [2.24, 2.45) is 0 Å². The van der Waals surface area contributed by atoms with Crippen LogP contribution in [0.15, 0.2) is 47.4 Å². The zero-order valence-corrected chi connectivity index (χ0v) is 19.1. The number of hydrogen-bond donors (Lipinski definition) is 1. The van der Waals surface area contributed by atoms with Gasteiger partial charge in [0.1, 0.15) is 0 Å². The number of hydrogen-bond acceptors (Lipinski definition) is 7. The number of amides is 1. The van der Waals surface area contributed by atoms with E-state index in [1.54, 1.807) is 13.8 Å². The second-order valence-corrected chi connectivity index (χ2v) is 8.92. The van der Waals surface area contributed by atoms with Gasteiger partial charge in [0.2, 0.25) is 10.0 Å². The summed E-state index contributed by atoms with van der Waals surface area (Å²) in [4.78, 5) is 35.0. The molecule has 12 heteroatoms. The third-order valence-corrected chi connectivity index (χ3v) is 6.85. The van der Waals surface area contributed by atoms with Crippen LogP contribution in [0.25, 0.3) is 0 Å². The van der Waals surface area contributed by atoms with Crippen molar-refractivity contribution in [3.8, 4) is 0 Å². The first-order valence-electron chi connectivity index (χ1n) is 9.57. The Labute approximate surface area is 190 Å². The molecule has 1 unspecified atom stereocenters. The summed E-state index contributed by atoms with van der Waals surface area (Å²) in [6, 6.07) is 8.91. The number of esters is 1. The van der Waals surface area contributed by atoms with E-state index in [1.165, 1.54) is 41.6 Å². The van der Waals surface area contributed by atoms with E-state index in [1.807, 2.05) is 0 Å². The van der Waals surface area contributed by atoms with E-state index in [0.717, 1.165) is 12.1 Å². The maximum atomic E-state index is 12.7. The number of rotatable bonds is 9. The lowest BCUT2D eigenvalue weighted by atomic mass is 10.2. The monoisotopic (exact) mass is 483 g/mol. The molecule has 0 aliphatic carbocycles. The third kappa shape index (κ3) is 5.81. The van der Waals surface area contributed by atoms with Gasteiger partial charge in [-0.15, -0.1) is 0 Å². The summed E-state index contributed by atoms with van der Waals surface area (Å²) in [6.45, 7) is 5.17. The van der Waals surface area contributed by atoms with Crippen LogP contribution >= 0.6 is 11.6 Å². The molecule has 0 aliphatic heterocycles. The number of carbonyl (C=O) groups excluding carboxylic acids is 2. The van der Waals surface area contributed by atoms with Gasteiger partial charge in [-0.3, -0.25) is 14.9 Å². The molecular weight excluding hydrogens is 462 g/mol. The van der Waals surface area contributed by atoms with Crippen LogP contribution < -0.4 is 5.32 Å². The molecule has 2 rings (SSSR count). The molecule has 2 aromatic carbocycles. The number of nitrogens with zero attached hydrogens (tertiary/aromatic N) is 2. The fourth-order valence-electron chi connectivity index (χ4n) is 2.75. The Kier molecular flexibility index (Phi) is 8.31. The molecule has 0 saturated carbocycles. The smallest absolute Gasteiger partial charge is 0.340 e. The zero-order chi connectivity index (χ0) is 24.1. The molecule has 0 aromatic heterocycles. The van der Waals surface area contributed by atoms with Crippen molar-refractivity contribution < 1.29 is 27.7 Å². The Morgan fingerprint density at radius 2 is 1.84 bits per heavy atom. The molecule has 0 fully saturated rings. The molecule has 32 heavy (non-hydrogen) atoms. The van der Waals surface area contributed by atoms with Gasteiger partial charge in [-0.05, 0) is 31.2 Å². The van der Waals surface area contributed by atoms with Gasteiger partial charge in [-0.25, -0.2) is 13.2 Å². The highest BCUT2D eigenvalue weighted by Gasteiger charge is 2.26. The fraction of sp³-hybridized carbons (Fsp3) is 0.300. The van der Waals surface area contributed by atoms with Crippen LogP contribution in [0.4, 0.5) is 11.4 Å². The van der Waals surface area contributed by atoms with Crippen LogP contribution in [0.5, 0.6) is 0 Å². The highest BCUT2D eigenvalue weighted by molar-refractivity contribution is 7.89. The van der Waals surface area contributed by atoms with E-state index in [4.69, 9.17) is 16.3 Å². The highest BCUT2D eigenvalue weighted by Crippen LogP contribution is 2.24. The van der Waals surface area contributed by atoms with Crippen molar-refractivity contribution >= 4 is 44.9 Å². The predicted molar refractivity (Wildman–Crippen MR) is 118 cm³/mol. The number of halogens is 1. The van der Waals surface area contributed by atoms with E-state index in [-0.39, 0.29) is 39.9 Å². The molecule has 0 saturated heterocycles. The molecular formula is C20H22ClN3O7S. The molecule has 10 nitrogen and oxygen atoms in total. The molecule has 1 amide bonds. The SMILES string of the molecule is CCN(CC)S(=O)(=O)c1ccc(Cl)c(C(=O)OC(C)C(=O)Nc2cccc([N+](=O)[O-])c2)c1. The lowest BCUT2D eigenvalue weighted by Gasteiger charge is -2.19. The van der Waals surface area contributed by atoms with Crippen LogP contribution in [0.2, 0.25) is 5.02 Å². The minimum atomic E-state index is -3.84. The predicted octanol–water partition coefficient (Wildman–Crippen LogP) is 3.46. The van der Waals surface area contributed by atoms with E-state index < -0.39 is 32.9 Å². The second kappa shape index (κ2) is 10.5. The number of non-ortho nitro benzene ring substituents is 1. The van der Waals surface area contributed by atoms with E-state index in [2.05, 4.69) is 5.32 Å². The number of carbonyl (C=O) groups is 2. The first-order valence-corrected chi connectivity index (χ1v) is 11.4. The molecule has 0 heterocycles. The fourth-order valence-corrected chi connectivity index (χ4v) is 4.43. The van der Waals surface area contributed by atoms with Crippen molar-refractivity contribution in [3.05, 3.63) is 63.2 Å². The quantitative estimate of drug-likeness (QED) is 0.327. The van der Waals surface area contributed by atoms with Crippen LogP contribution in [0, 0.1) is 10.1 Å². The number of nitro groups is 1. The number of ether oxygens (including phenoxy) is 1. The van der Waals surface area contributed by atoms with Gasteiger partial charge in [-0.1, -0.05) is 31.5 Å². The molecule has 2 aromatic rings. The normalized spacial score (nSPS) is 12.3. The molecule has 0 bridgehead atoms. The molecule has 1 N–H and O–H groups in total. The van der Waals surface area contributed by atoms with Gasteiger partial charge < -0.3 is 10.1 Å². The van der Waals surface area contributed by atoms with Crippen molar-refractivity contribution in [2.45, 2.75) is 31.8 Å². The van der Waals surface area contributed by atoms with Crippen LogP contribution in [-0.4, -0.2) is 48.7 Å².